The number of rotatable bonds is 6. The van der Waals surface area contributed by atoms with Gasteiger partial charge < -0.3 is 9.84 Å². The van der Waals surface area contributed by atoms with Crippen LogP contribution in [0.25, 0.3) is 11.3 Å². The van der Waals surface area contributed by atoms with Gasteiger partial charge >= 0.3 is 0 Å². The SMILES string of the molecule is CC(C)CC(C)NC(=O)c1cc(-c2ccc(C3CCCCC3)cc2)on1. The van der Waals surface area contributed by atoms with Crippen molar-refractivity contribution in [1.82, 2.24) is 10.5 Å². The number of aromatic nitrogens is 1. The molecule has 26 heavy (non-hydrogen) atoms. The molecule has 1 aromatic heterocycles. The Morgan fingerprint density at radius 3 is 2.50 bits per heavy atom. The molecule has 1 aliphatic carbocycles. The molecule has 1 unspecified atom stereocenters. The summed E-state index contributed by atoms with van der Waals surface area (Å²) in [5.74, 6) is 1.70. The van der Waals surface area contributed by atoms with Gasteiger partial charge in [0.1, 0.15) is 0 Å². The lowest BCUT2D eigenvalue weighted by atomic mass is 9.84. The predicted octanol–water partition coefficient (Wildman–Crippen LogP) is 5.55. The van der Waals surface area contributed by atoms with Gasteiger partial charge in [-0.25, -0.2) is 0 Å². The van der Waals surface area contributed by atoms with Crippen LogP contribution in [0.2, 0.25) is 0 Å². The van der Waals surface area contributed by atoms with E-state index in [1.807, 2.05) is 6.92 Å². The van der Waals surface area contributed by atoms with Gasteiger partial charge in [-0.1, -0.05) is 62.5 Å². The average Bonchev–Trinajstić information content (AvgIpc) is 3.12. The van der Waals surface area contributed by atoms with Gasteiger partial charge in [-0.05, 0) is 43.6 Å². The summed E-state index contributed by atoms with van der Waals surface area (Å²) in [6.45, 7) is 6.31. The van der Waals surface area contributed by atoms with E-state index in [0.29, 0.717) is 23.3 Å². The number of amides is 1. The molecule has 140 valence electrons. The van der Waals surface area contributed by atoms with Gasteiger partial charge in [0.15, 0.2) is 11.5 Å². The minimum atomic E-state index is -0.174. The molecule has 0 radical (unpaired) electrons. The van der Waals surface area contributed by atoms with Crippen LogP contribution in [0.4, 0.5) is 0 Å². The molecule has 3 rings (SSSR count). The van der Waals surface area contributed by atoms with Gasteiger partial charge in [-0.2, -0.15) is 0 Å². The Morgan fingerprint density at radius 1 is 1.15 bits per heavy atom. The minimum Gasteiger partial charge on any atom is -0.355 e. The molecule has 1 heterocycles. The molecule has 0 saturated heterocycles. The fraction of sp³-hybridized carbons (Fsp3) is 0.545. The molecule has 4 heteroatoms. The van der Waals surface area contributed by atoms with Crippen molar-refractivity contribution in [3.63, 3.8) is 0 Å². The van der Waals surface area contributed by atoms with Crippen LogP contribution >= 0.6 is 0 Å². The Hall–Kier alpha value is -2.10. The van der Waals surface area contributed by atoms with Crippen LogP contribution in [0.1, 0.15) is 81.3 Å². The van der Waals surface area contributed by atoms with E-state index < -0.39 is 0 Å². The van der Waals surface area contributed by atoms with E-state index in [-0.39, 0.29) is 11.9 Å². The molecule has 0 spiro atoms. The Labute approximate surface area is 156 Å². The van der Waals surface area contributed by atoms with E-state index in [1.54, 1.807) is 6.07 Å². The van der Waals surface area contributed by atoms with Gasteiger partial charge in [0, 0.05) is 17.7 Å². The molecule has 4 nitrogen and oxygen atoms in total. The highest BCUT2D eigenvalue weighted by molar-refractivity contribution is 5.93. The molecule has 0 aliphatic heterocycles. The third kappa shape index (κ3) is 4.75. The van der Waals surface area contributed by atoms with E-state index in [2.05, 4.69) is 48.6 Å². The summed E-state index contributed by atoms with van der Waals surface area (Å²) in [7, 11) is 0. The summed E-state index contributed by atoms with van der Waals surface area (Å²) in [4.78, 5) is 12.3. The first-order chi connectivity index (χ1) is 12.5. The maximum Gasteiger partial charge on any atom is 0.273 e. The fourth-order valence-electron chi connectivity index (χ4n) is 3.94. The van der Waals surface area contributed by atoms with Gasteiger partial charge in [0.05, 0.1) is 0 Å². The molecule has 1 saturated carbocycles. The zero-order valence-corrected chi connectivity index (χ0v) is 16.1. The van der Waals surface area contributed by atoms with Crippen LogP contribution in [0.5, 0.6) is 0 Å². The number of carbonyl (C=O) groups excluding carboxylic acids is 1. The lowest BCUT2D eigenvalue weighted by Gasteiger charge is -2.21. The van der Waals surface area contributed by atoms with Crippen LogP contribution in [-0.4, -0.2) is 17.1 Å². The first-order valence-electron chi connectivity index (χ1n) is 9.91. The highest BCUT2D eigenvalue weighted by Crippen LogP contribution is 2.33. The van der Waals surface area contributed by atoms with Crippen LogP contribution in [0.3, 0.4) is 0 Å². The number of nitrogens with one attached hydrogen (secondary N) is 1. The standard InChI is InChI=1S/C22H30N2O2/c1-15(2)13-16(3)23-22(25)20-14-21(26-24-20)19-11-9-18(10-12-19)17-7-5-4-6-8-17/h9-12,14-17H,4-8,13H2,1-3H3,(H,23,25). The summed E-state index contributed by atoms with van der Waals surface area (Å²) >= 11 is 0. The second-order valence-corrected chi connectivity index (χ2v) is 8.04. The van der Waals surface area contributed by atoms with Crippen LogP contribution < -0.4 is 5.32 Å². The second-order valence-electron chi connectivity index (χ2n) is 8.04. The molecule has 2 aromatic rings. The predicted molar refractivity (Wildman–Crippen MR) is 104 cm³/mol. The summed E-state index contributed by atoms with van der Waals surface area (Å²) in [5, 5.41) is 6.93. The fourth-order valence-corrected chi connectivity index (χ4v) is 3.94. The maximum absolute atomic E-state index is 12.3. The van der Waals surface area contributed by atoms with Gasteiger partial charge in [0.2, 0.25) is 0 Å². The van der Waals surface area contributed by atoms with Crippen molar-refractivity contribution >= 4 is 5.91 Å². The van der Waals surface area contributed by atoms with E-state index in [9.17, 15) is 4.79 Å². The molecule has 1 amide bonds. The number of carbonyl (C=O) groups is 1. The van der Waals surface area contributed by atoms with Crippen LogP contribution in [0, 0.1) is 5.92 Å². The Balaban J connectivity index is 1.64. The number of nitrogens with zero attached hydrogens (tertiary/aromatic N) is 1. The molecule has 1 aromatic carbocycles. The molecule has 1 aliphatic rings. The second kappa shape index (κ2) is 8.52. The lowest BCUT2D eigenvalue weighted by molar-refractivity contribution is 0.0927. The minimum absolute atomic E-state index is 0.123. The van der Waals surface area contributed by atoms with Crippen molar-refractivity contribution in [3.8, 4) is 11.3 Å². The van der Waals surface area contributed by atoms with Gasteiger partial charge in [-0.3, -0.25) is 4.79 Å². The Kier molecular flexibility index (Phi) is 6.12. The van der Waals surface area contributed by atoms with Crippen molar-refractivity contribution in [2.24, 2.45) is 5.92 Å². The van der Waals surface area contributed by atoms with E-state index in [4.69, 9.17) is 4.52 Å². The molecule has 1 N–H and O–H groups in total. The molecular formula is C22H30N2O2. The Morgan fingerprint density at radius 2 is 1.85 bits per heavy atom. The van der Waals surface area contributed by atoms with Crippen molar-refractivity contribution in [2.45, 2.75) is 71.3 Å². The Bertz CT molecular complexity index is 712. The zero-order chi connectivity index (χ0) is 18.5. The van der Waals surface area contributed by atoms with E-state index >= 15 is 0 Å². The monoisotopic (exact) mass is 354 g/mol. The highest BCUT2D eigenvalue weighted by Gasteiger charge is 2.18. The lowest BCUT2D eigenvalue weighted by Crippen LogP contribution is -2.33. The average molecular weight is 354 g/mol. The van der Waals surface area contributed by atoms with Crippen molar-refractivity contribution in [1.29, 1.82) is 0 Å². The summed E-state index contributed by atoms with van der Waals surface area (Å²) < 4.78 is 5.41. The molecule has 0 bridgehead atoms. The smallest absolute Gasteiger partial charge is 0.273 e. The molecule has 1 fully saturated rings. The quantitative estimate of drug-likeness (QED) is 0.739. The summed E-state index contributed by atoms with van der Waals surface area (Å²) in [6, 6.07) is 10.4. The first kappa shape index (κ1) is 18.7. The summed E-state index contributed by atoms with van der Waals surface area (Å²) in [5.41, 5.74) is 2.71. The largest absolute Gasteiger partial charge is 0.355 e. The van der Waals surface area contributed by atoms with Crippen molar-refractivity contribution in [2.75, 3.05) is 0 Å². The third-order valence-corrected chi connectivity index (χ3v) is 5.22. The van der Waals surface area contributed by atoms with Crippen molar-refractivity contribution in [3.05, 3.63) is 41.6 Å². The maximum atomic E-state index is 12.3. The highest BCUT2D eigenvalue weighted by atomic mass is 16.5. The zero-order valence-electron chi connectivity index (χ0n) is 16.1. The molecule has 1 atom stereocenters. The normalized spacial score (nSPS) is 16.6. The van der Waals surface area contributed by atoms with Crippen LogP contribution in [0.15, 0.2) is 34.9 Å². The number of hydrogen-bond donors (Lipinski definition) is 1. The van der Waals surface area contributed by atoms with E-state index in [0.717, 1.165) is 12.0 Å². The van der Waals surface area contributed by atoms with E-state index in [1.165, 1.54) is 37.7 Å². The van der Waals surface area contributed by atoms with Gasteiger partial charge in [0.25, 0.3) is 5.91 Å². The molecular weight excluding hydrogens is 324 g/mol. The third-order valence-electron chi connectivity index (χ3n) is 5.22. The van der Waals surface area contributed by atoms with Crippen LogP contribution in [-0.2, 0) is 0 Å². The van der Waals surface area contributed by atoms with Crippen molar-refractivity contribution < 1.29 is 9.32 Å². The van der Waals surface area contributed by atoms with Gasteiger partial charge in [-0.15, -0.1) is 0 Å². The topological polar surface area (TPSA) is 55.1 Å². The number of hydrogen-bond acceptors (Lipinski definition) is 3. The first-order valence-corrected chi connectivity index (χ1v) is 9.91. The number of benzene rings is 1. The summed E-state index contributed by atoms with van der Waals surface area (Å²) in [6.07, 6.45) is 7.57.